The molecule has 2 aromatic heterocycles. The van der Waals surface area contributed by atoms with Gasteiger partial charge < -0.3 is 19.2 Å². The maximum atomic E-state index is 12.7. The predicted molar refractivity (Wildman–Crippen MR) is 95.7 cm³/mol. The number of benzene rings is 1. The highest BCUT2D eigenvalue weighted by Crippen LogP contribution is 2.34. The number of amides is 1. The number of methoxy groups -OCH3 is 2. The fourth-order valence-corrected chi connectivity index (χ4v) is 2.89. The minimum absolute atomic E-state index is 0.248. The Kier molecular flexibility index (Phi) is 5.13. The molecule has 0 unspecified atom stereocenters. The number of carbonyl (C=O) groups excluding carboxylic acids is 1. The first-order chi connectivity index (χ1) is 12.0. The number of nitrogens with zero attached hydrogens (tertiary/aromatic N) is 1. The third-order valence-electron chi connectivity index (χ3n) is 3.54. The second-order valence-electron chi connectivity index (χ2n) is 5.14. The van der Waals surface area contributed by atoms with Gasteiger partial charge in [-0.3, -0.25) is 9.78 Å². The van der Waals surface area contributed by atoms with E-state index in [9.17, 15) is 4.79 Å². The zero-order valence-electron chi connectivity index (χ0n) is 13.4. The summed E-state index contributed by atoms with van der Waals surface area (Å²) in [6, 6.07) is 5.05. The Morgan fingerprint density at radius 2 is 1.96 bits per heavy atom. The lowest BCUT2D eigenvalue weighted by molar-refractivity contribution is 0.102. The van der Waals surface area contributed by atoms with Gasteiger partial charge in [0.05, 0.1) is 28.4 Å². The maximum Gasteiger partial charge on any atom is 0.256 e. The topological polar surface area (TPSA) is 73.6 Å². The van der Waals surface area contributed by atoms with E-state index in [4.69, 9.17) is 37.1 Å². The third-order valence-corrected chi connectivity index (χ3v) is 4.11. The normalized spacial score (nSPS) is 10.9. The summed E-state index contributed by atoms with van der Waals surface area (Å²) in [5, 5.41) is 3.81. The van der Waals surface area contributed by atoms with Crippen molar-refractivity contribution in [2.45, 2.75) is 6.61 Å². The molecule has 0 aliphatic rings. The van der Waals surface area contributed by atoms with Gasteiger partial charge in [-0.2, -0.15) is 0 Å². The number of carbonyl (C=O) groups is 1. The van der Waals surface area contributed by atoms with Crippen molar-refractivity contribution in [2.24, 2.45) is 0 Å². The lowest BCUT2D eigenvalue weighted by Gasteiger charge is -2.10. The quantitative estimate of drug-likeness (QED) is 0.702. The van der Waals surface area contributed by atoms with Crippen molar-refractivity contribution in [3.8, 4) is 5.75 Å². The molecule has 25 heavy (non-hydrogen) atoms. The van der Waals surface area contributed by atoms with Crippen LogP contribution in [0.2, 0.25) is 10.0 Å². The van der Waals surface area contributed by atoms with Crippen molar-refractivity contribution >= 4 is 45.8 Å². The number of nitrogens with one attached hydrogen (secondary N) is 1. The second-order valence-corrected chi connectivity index (χ2v) is 5.95. The highest BCUT2D eigenvalue weighted by molar-refractivity contribution is 6.39. The zero-order chi connectivity index (χ0) is 18.0. The summed E-state index contributed by atoms with van der Waals surface area (Å²) in [6.07, 6.45) is 2.81. The molecule has 0 atom stereocenters. The average Bonchev–Trinajstić information content (AvgIpc) is 3.01. The minimum atomic E-state index is -0.382. The van der Waals surface area contributed by atoms with E-state index in [1.807, 2.05) is 0 Å². The lowest BCUT2D eigenvalue weighted by atomic mass is 10.1. The molecule has 0 bridgehead atoms. The number of hydrogen-bond acceptors (Lipinski definition) is 5. The standard InChI is InChI=1S/C17H14Cl2N2O4/c1-23-8-9-5-11-10(3-4-14(24-2)16(11)25-9)17(22)21-15-12(18)6-20-7-13(15)19/h3-7H,8H2,1-2H3,(H,20,21,22). The number of halogens is 2. The van der Waals surface area contributed by atoms with Gasteiger partial charge in [0.1, 0.15) is 12.4 Å². The smallest absolute Gasteiger partial charge is 0.256 e. The van der Waals surface area contributed by atoms with Crippen LogP contribution >= 0.6 is 23.2 Å². The van der Waals surface area contributed by atoms with Crippen molar-refractivity contribution in [2.75, 3.05) is 19.5 Å². The van der Waals surface area contributed by atoms with Gasteiger partial charge >= 0.3 is 0 Å². The van der Waals surface area contributed by atoms with Crippen molar-refractivity contribution in [3.05, 3.63) is 52.0 Å². The Morgan fingerprint density at radius 3 is 2.60 bits per heavy atom. The van der Waals surface area contributed by atoms with Crippen molar-refractivity contribution in [1.82, 2.24) is 4.98 Å². The highest BCUT2D eigenvalue weighted by atomic mass is 35.5. The molecule has 1 N–H and O–H groups in total. The Labute approximate surface area is 153 Å². The van der Waals surface area contributed by atoms with Crippen LogP contribution in [0.1, 0.15) is 16.1 Å². The molecule has 2 heterocycles. The number of ether oxygens (including phenoxy) is 2. The number of aromatic nitrogens is 1. The van der Waals surface area contributed by atoms with Crippen LogP contribution in [0, 0.1) is 0 Å². The van der Waals surface area contributed by atoms with Gasteiger partial charge in [-0.15, -0.1) is 0 Å². The van der Waals surface area contributed by atoms with E-state index in [1.165, 1.54) is 19.5 Å². The van der Waals surface area contributed by atoms with Gasteiger partial charge in [0.15, 0.2) is 11.3 Å². The van der Waals surface area contributed by atoms with Gasteiger partial charge in [-0.1, -0.05) is 23.2 Å². The summed E-state index contributed by atoms with van der Waals surface area (Å²) in [4.78, 5) is 16.6. The maximum absolute atomic E-state index is 12.7. The van der Waals surface area contributed by atoms with Crippen molar-refractivity contribution in [1.29, 1.82) is 0 Å². The van der Waals surface area contributed by atoms with E-state index in [0.29, 0.717) is 33.7 Å². The molecular formula is C17H14Cl2N2O4. The van der Waals surface area contributed by atoms with Crippen LogP contribution in [0.5, 0.6) is 5.75 Å². The molecule has 8 heteroatoms. The molecule has 6 nitrogen and oxygen atoms in total. The molecule has 0 radical (unpaired) electrons. The molecule has 0 fully saturated rings. The summed E-state index contributed by atoms with van der Waals surface area (Å²) in [7, 11) is 3.09. The molecule has 1 aromatic carbocycles. The summed E-state index contributed by atoms with van der Waals surface area (Å²) >= 11 is 12.1. The van der Waals surface area contributed by atoms with Crippen LogP contribution in [0.15, 0.2) is 35.0 Å². The van der Waals surface area contributed by atoms with Gasteiger partial charge in [0.25, 0.3) is 5.91 Å². The second kappa shape index (κ2) is 7.31. The van der Waals surface area contributed by atoms with E-state index in [-0.39, 0.29) is 22.6 Å². The SMILES string of the molecule is COCc1cc2c(C(=O)Nc3c(Cl)cncc3Cl)ccc(OC)c2o1. The van der Waals surface area contributed by atoms with E-state index in [0.717, 1.165) is 0 Å². The number of fused-ring (bicyclic) bond motifs is 1. The molecule has 0 aliphatic heterocycles. The van der Waals surface area contributed by atoms with E-state index >= 15 is 0 Å². The van der Waals surface area contributed by atoms with Gasteiger partial charge in [-0.25, -0.2) is 0 Å². The molecule has 3 rings (SSSR count). The summed E-state index contributed by atoms with van der Waals surface area (Å²) in [5.74, 6) is 0.720. The molecular weight excluding hydrogens is 367 g/mol. The number of rotatable bonds is 5. The Bertz CT molecular complexity index is 920. The number of hydrogen-bond donors (Lipinski definition) is 1. The number of anilines is 1. The van der Waals surface area contributed by atoms with Gasteiger partial charge in [-0.05, 0) is 18.2 Å². The monoisotopic (exact) mass is 380 g/mol. The molecule has 1 amide bonds. The van der Waals surface area contributed by atoms with Crippen molar-refractivity contribution < 1.29 is 18.7 Å². The molecule has 130 valence electrons. The van der Waals surface area contributed by atoms with Crippen LogP contribution in [-0.2, 0) is 11.3 Å². The fraction of sp³-hybridized carbons (Fsp3) is 0.176. The Hall–Kier alpha value is -2.28. The lowest BCUT2D eigenvalue weighted by Crippen LogP contribution is -2.13. The first kappa shape index (κ1) is 17.5. The zero-order valence-corrected chi connectivity index (χ0v) is 14.9. The van der Waals surface area contributed by atoms with E-state index in [2.05, 4.69) is 10.3 Å². The van der Waals surface area contributed by atoms with Crippen LogP contribution in [0.3, 0.4) is 0 Å². The fourth-order valence-electron chi connectivity index (χ4n) is 2.43. The number of furan rings is 1. The van der Waals surface area contributed by atoms with Crippen LogP contribution < -0.4 is 10.1 Å². The Morgan fingerprint density at radius 1 is 1.24 bits per heavy atom. The van der Waals surface area contributed by atoms with E-state index in [1.54, 1.807) is 25.3 Å². The number of pyridine rings is 1. The summed E-state index contributed by atoms with van der Waals surface area (Å²) in [6.45, 7) is 0.279. The first-order valence-corrected chi connectivity index (χ1v) is 7.99. The van der Waals surface area contributed by atoms with Gasteiger partial charge in [0.2, 0.25) is 0 Å². The van der Waals surface area contributed by atoms with Gasteiger partial charge in [0, 0.05) is 24.9 Å². The molecule has 0 spiro atoms. The third kappa shape index (κ3) is 3.42. The Balaban J connectivity index is 2.04. The first-order valence-electron chi connectivity index (χ1n) is 7.23. The average molecular weight is 381 g/mol. The summed E-state index contributed by atoms with van der Waals surface area (Å²) < 4.78 is 16.1. The largest absolute Gasteiger partial charge is 0.493 e. The van der Waals surface area contributed by atoms with Crippen molar-refractivity contribution in [3.63, 3.8) is 0 Å². The predicted octanol–water partition coefficient (Wildman–Crippen LogP) is 4.54. The minimum Gasteiger partial charge on any atom is -0.493 e. The highest BCUT2D eigenvalue weighted by Gasteiger charge is 2.19. The molecule has 0 saturated heterocycles. The molecule has 0 aliphatic carbocycles. The van der Waals surface area contributed by atoms with Crippen LogP contribution in [-0.4, -0.2) is 25.1 Å². The molecule has 3 aromatic rings. The summed E-state index contributed by atoms with van der Waals surface area (Å²) in [5.41, 5.74) is 1.16. The van der Waals surface area contributed by atoms with Crippen LogP contribution in [0.4, 0.5) is 5.69 Å². The van der Waals surface area contributed by atoms with Crippen LogP contribution in [0.25, 0.3) is 11.0 Å². The molecule has 0 saturated carbocycles. The van der Waals surface area contributed by atoms with E-state index < -0.39 is 0 Å².